The molecule has 1 amide bonds. The molecule has 0 saturated carbocycles. The van der Waals surface area contributed by atoms with Crippen LogP contribution in [0.15, 0.2) is 0 Å². The predicted molar refractivity (Wildman–Crippen MR) is 53.2 cm³/mol. The van der Waals surface area contributed by atoms with E-state index in [1.807, 2.05) is 0 Å². The summed E-state index contributed by atoms with van der Waals surface area (Å²) in [5, 5.41) is 8.63. The summed E-state index contributed by atoms with van der Waals surface area (Å²) in [6, 6.07) is 2.48. The van der Waals surface area contributed by atoms with Gasteiger partial charge in [0.1, 0.15) is 0 Å². The van der Waals surface area contributed by atoms with E-state index in [1.165, 1.54) is 0 Å². The Morgan fingerprint density at radius 1 is 1.79 bits per heavy atom. The quantitative estimate of drug-likeness (QED) is 0.709. The number of nitriles is 1. The summed E-state index contributed by atoms with van der Waals surface area (Å²) >= 11 is 0. The zero-order chi connectivity index (χ0) is 10.6. The van der Waals surface area contributed by atoms with Crippen molar-refractivity contribution >= 4 is 5.91 Å². The van der Waals surface area contributed by atoms with Gasteiger partial charge in [-0.1, -0.05) is 6.92 Å². The normalized spacial score (nSPS) is 24.4. The second-order valence-corrected chi connectivity index (χ2v) is 3.81. The van der Waals surface area contributed by atoms with E-state index in [2.05, 4.69) is 17.9 Å². The van der Waals surface area contributed by atoms with Crippen molar-refractivity contribution in [3.8, 4) is 6.07 Å². The van der Waals surface area contributed by atoms with Crippen molar-refractivity contribution in [3.05, 3.63) is 0 Å². The lowest BCUT2D eigenvalue weighted by Gasteiger charge is -2.24. The maximum Gasteiger partial charge on any atom is 0.221 e. The van der Waals surface area contributed by atoms with Crippen LogP contribution >= 0.6 is 0 Å². The summed E-state index contributed by atoms with van der Waals surface area (Å²) in [5.41, 5.74) is 5.24. The molecule has 0 aliphatic carbocycles. The lowest BCUT2D eigenvalue weighted by molar-refractivity contribution is -0.121. The summed E-state index contributed by atoms with van der Waals surface area (Å²) in [7, 11) is 0. The van der Waals surface area contributed by atoms with Crippen molar-refractivity contribution in [1.29, 1.82) is 5.26 Å². The van der Waals surface area contributed by atoms with E-state index >= 15 is 0 Å². The number of nitrogens with two attached hydrogens (primary N) is 1. The molecule has 2 unspecified atom stereocenters. The fraction of sp³-hybridized carbons (Fsp3) is 0.800. The first-order valence-electron chi connectivity index (χ1n) is 5.09. The summed E-state index contributed by atoms with van der Waals surface area (Å²) < 4.78 is 0. The Balaban J connectivity index is 2.47. The summed E-state index contributed by atoms with van der Waals surface area (Å²) in [6.45, 7) is 3.70. The highest BCUT2D eigenvalue weighted by Crippen LogP contribution is 2.20. The molecule has 1 fully saturated rings. The van der Waals surface area contributed by atoms with Gasteiger partial charge in [-0.2, -0.15) is 5.26 Å². The number of likely N-dealkylation sites (tertiary alicyclic amines) is 1. The molecule has 78 valence electrons. The monoisotopic (exact) mass is 195 g/mol. The fourth-order valence-electron chi connectivity index (χ4n) is 1.99. The van der Waals surface area contributed by atoms with E-state index in [-0.39, 0.29) is 11.8 Å². The third-order valence-corrected chi connectivity index (χ3v) is 2.94. The van der Waals surface area contributed by atoms with Crippen LogP contribution in [0.4, 0.5) is 0 Å². The lowest BCUT2D eigenvalue weighted by atomic mass is 10.1. The highest BCUT2D eigenvalue weighted by molar-refractivity contribution is 5.77. The summed E-state index contributed by atoms with van der Waals surface area (Å²) in [5.74, 6) is -0.220. The Labute approximate surface area is 84.7 Å². The Morgan fingerprint density at radius 2 is 2.50 bits per heavy atom. The molecule has 2 atom stereocenters. The number of primary amides is 1. The third kappa shape index (κ3) is 2.46. The molecule has 1 saturated heterocycles. The van der Waals surface area contributed by atoms with E-state index in [0.29, 0.717) is 12.5 Å². The minimum Gasteiger partial charge on any atom is -0.369 e. The molecule has 0 radical (unpaired) electrons. The van der Waals surface area contributed by atoms with Crippen molar-refractivity contribution in [2.45, 2.75) is 32.2 Å². The topological polar surface area (TPSA) is 70.1 Å². The van der Waals surface area contributed by atoms with Crippen molar-refractivity contribution < 1.29 is 4.79 Å². The average Bonchev–Trinajstić information content (AvgIpc) is 2.63. The molecule has 1 heterocycles. The third-order valence-electron chi connectivity index (χ3n) is 2.94. The van der Waals surface area contributed by atoms with E-state index in [1.54, 1.807) is 0 Å². The van der Waals surface area contributed by atoms with Gasteiger partial charge < -0.3 is 5.73 Å². The van der Waals surface area contributed by atoms with E-state index in [0.717, 1.165) is 25.9 Å². The van der Waals surface area contributed by atoms with Crippen molar-refractivity contribution in [3.63, 3.8) is 0 Å². The molecule has 0 aromatic carbocycles. The fourth-order valence-corrected chi connectivity index (χ4v) is 1.99. The highest BCUT2D eigenvalue weighted by Gasteiger charge is 2.30. The molecule has 2 N–H and O–H groups in total. The van der Waals surface area contributed by atoms with Crippen molar-refractivity contribution in [2.24, 2.45) is 11.7 Å². The number of hydrogen-bond donors (Lipinski definition) is 1. The smallest absolute Gasteiger partial charge is 0.221 e. The van der Waals surface area contributed by atoms with Crippen LogP contribution in [-0.4, -0.2) is 29.9 Å². The minimum atomic E-state index is -0.209. The number of nitrogens with zero attached hydrogens (tertiary/aromatic N) is 2. The molecule has 0 bridgehead atoms. The summed E-state index contributed by atoms with van der Waals surface area (Å²) in [6.07, 6.45) is 2.35. The van der Waals surface area contributed by atoms with Crippen LogP contribution in [0.5, 0.6) is 0 Å². The number of carbonyl (C=O) groups is 1. The van der Waals surface area contributed by atoms with Gasteiger partial charge in [-0.15, -0.1) is 0 Å². The molecular formula is C10H17N3O. The molecule has 1 rings (SSSR count). The van der Waals surface area contributed by atoms with Crippen LogP contribution in [0.2, 0.25) is 0 Å². The molecule has 0 aromatic heterocycles. The van der Waals surface area contributed by atoms with Crippen LogP contribution in [-0.2, 0) is 4.79 Å². The van der Waals surface area contributed by atoms with Crippen molar-refractivity contribution in [1.82, 2.24) is 4.90 Å². The number of rotatable bonds is 4. The van der Waals surface area contributed by atoms with Gasteiger partial charge in [0.25, 0.3) is 0 Å². The first kappa shape index (κ1) is 11.0. The Kier molecular flexibility index (Phi) is 3.90. The second-order valence-electron chi connectivity index (χ2n) is 3.81. The van der Waals surface area contributed by atoms with Gasteiger partial charge in [0, 0.05) is 12.6 Å². The van der Waals surface area contributed by atoms with Crippen LogP contribution in [0.1, 0.15) is 26.2 Å². The first-order valence-corrected chi connectivity index (χ1v) is 5.09. The van der Waals surface area contributed by atoms with Crippen LogP contribution in [0, 0.1) is 17.2 Å². The molecule has 0 aromatic rings. The molecule has 0 spiro atoms. The lowest BCUT2D eigenvalue weighted by Crippen LogP contribution is -2.34. The maximum atomic E-state index is 10.9. The number of carbonyl (C=O) groups excluding carboxylic acids is 1. The predicted octanol–water partition coefficient (Wildman–Crippen LogP) is 0.486. The Bertz CT molecular complexity index is 246. The van der Waals surface area contributed by atoms with E-state index in [4.69, 9.17) is 11.0 Å². The summed E-state index contributed by atoms with van der Waals surface area (Å²) in [4.78, 5) is 13.2. The van der Waals surface area contributed by atoms with Crippen LogP contribution < -0.4 is 5.73 Å². The minimum absolute atomic E-state index is 0.0113. The van der Waals surface area contributed by atoms with Gasteiger partial charge in [-0.05, 0) is 19.4 Å². The molecule has 1 aliphatic heterocycles. The number of hydrogen-bond acceptors (Lipinski definition) is 3. The molecule has 1 aliphatic rings. The second kappa shape index (κ2) is 4.97. The molecular weight excluding hydrogens is 178 g/mol. The van der Waals surface area contributed by atoms with Crippen LogP contribution in [0.3, 0.4) is 0 Å². The van der Waals surface area contributed by atoms with Crippen LogP contribution in [0.25, 0.3) is 0 Å². The van der Waals surface area contributed by atoms with Crippen molar-refractivity contribution in [2.75, 3.05) is 13.1 Å². The maximum absolute atomic E-state index is 10.9. The van der Waals surface area contributed by atoms with E-state index in [9.17, 15) is 4.79 Å². The molecule has 4 nitrogen and oxygen atoms in total. The largest absolute Gasteiger partial charge is 0.369 e. The number of amides is 1. The highest BCUT2D eigenvalue weighted by atomic mass is 16.1. The van der Waals surface area contributed by atoms with Gasteiger partial charge in [0.2, 0.25) is 5.91 Å². The standard InChI is InChI=1S/C10H17N3O/c1-2-9(3-5-11)13-6-4-8(7-13)10(12)14/h8-9H,2-4,6-7H2,1H3,(H2,12,14). The van der Waals surface area contributed by atoms with Gasteiger partial charge >= 0.3 is 0 Å². The van der Waals surface area contributed by atoms with E-state index < -0.39 is 0 Å². The average molecular weight is 195 g/mol. The van der Waals surface area contributed by atoms with Gasteiger partial charge in [-0.3, -0.25) is 9.69 Å². The Hall–Kier alpha value is -1.08. The Morgan fingerprint density at radius 3 is 2.93 bits per heavy atom. The zero-order valence-electron chi connectivity index (χ0n) is 8.57. The SMILES string of the molecule is CCC(CC#N)N1CCC(C(N)=O)C1. The van der Waals surface area contributed by atoms with Gasteiger partial charge in [0.05, 0.1) is 18.4 Å². The first-order chi connectivity index (χ1) is 6.69. The zero-order valence-corrected chi connectivity index (χ0v) is 8.57. The van der Waals surface area contributed by atoms with Gasteiger partial charge in [-0.25, -0.2) is 0 Å². The molecule has 14 heavy (non-hydrogen) atoms. The molecule has 4 heteroatoms. The van der Waals surface area contributed by atoms with Gasteiger partial charge in [0.15, 0.2) is 0 Å².